The summed E-state index contributed by atoms with van der Waals surface area (Å²) < 4.78 is 5.53. The SMILES string of the molecule is COC(C)(C)C(NN)c1cccc2ncccc12. The zero-order chi connectivity index (χ0) is 13.2. The van der Waals surface area contributed by atoms with Crippen LogP contribution in [0.3, 0.4) is 0 Å². The van der Waals surface area contributed by atoms with E-state index in [0.717, 1.165) is 16.5 Å². The molecule has 0 aliphatic rings. The molecule has 0 bridgehead atoms. The first kappa shape index (κ1) is 13.0. The van der Waals surface area contributed by atoms with Gasteiger partial charge in [-0.15, -0.1) is 0 Å². The average Bonchev–Trinajstić information content (AvgIpc) is 2.39. The lowest BCUT2D eigenvalue weighted by atomic mass is 9.90. The van der Waals surface area contributed by atoms with Crippen molar-refractivity contribution in [3.05, 3.63) is 42.1 Å². The molecule has 0 amide bonds. The number of methoxy groups -OCH3 is 1. The van der Waals surface area contributed by atoms with E-state index in [1.54, 1.807) is 13.3 Å². The molecule has 4 heteroatoms. The molecule has 1 aromatic carbocycles. The van der Waals surface area contributed by atoms with Crippen LogP contribution >= 0.6 is 0 Å². The molecule has 0 spiro atoms. The Morgan fingerprint density at radius 1 is 1.28 bits per heavy atom. The van der Waals surface area contributed by atoms with Crippen molar-refractivity contribution in [2.75, 3.05) is 7.11 Å². The van der Waals surface area contributed by atoms with Crippen LogP contribution in [0, 0.1) is 0 Å². The number of hydrazine groups is 1. The molecule has 0 aliphatic carbocycles. The fourth-order valence-corrected chi connectivity index (χ4v) is 2.16. The molecule has 1 unspecified atom stereocenters. The van der Waals surface area contributed by atoms with E-state index in [-0.39, 0.29) is 6.04 Å². The minimum absolute atomic E-state index is 0.101. The topological polar surface area (TPSA) is 60.2 Å². The molecule has 1 atom stereocenters. The second-order valence-corrected chi connectivity index (χ2v) is 4.82. The van der Waals surface area contributed by atoms with Crippen LogP contribution in [0.1, 0.15) is 25.5 Å². The van der Waals surface area contributed by atoms with Crippen LogP contribution in [-0.2, 0) is 4.74 Å². The van der Waals surface area contributed by atoms with E-state index in [4.69, 9.17) is 10.6 Å². The van der Waals surface area contributed by atoms with Crippen molar-refractivity contribution < 1.29 is 4.74 Å². The van der Waals surface area contributed by atoms with Crippen LogP contribution in [0.15, 0.2) is 36.5 Å². The van der Waals surface area contributed by atoms with Gasteiger partial charge in [-0.25, -0.2) is 0 Å². The Bertz CT molecular complexity index is 534. The minimum Gasteiger partial charge on any atom is -0.377 e. The third kappa shape index (κ3) is 2.22. The van der Waals surface area contributed by atoms with Gasteiger partial charge in [-0.2, -0.15) is 0 Å². The van der Waals surface area contributed by atoms with Crippen molar-refractivity contribution in [3.8, 4) is 0 Å². The van der Waals surface area contributed by atoms with Gasteiger partial charge in [-0.3, -0.25) is 16.3 Å². The van der Waals surface area contributed by atoms with Gasteiger partial charge >= 0.3 is 0 Å². The minimum atomic E-state index is -0.404. The van der Waals surface area contributed by atoms with E-state index in [1.807, 2.05) is 38.1 Å². The van der Waals surface area contributed by atoms with Crippen molar-refractivity contribution >= 4 is 10.9 Å². The summed E-state index contributed by atoms with van der Waals surface area (Å²) in [5.41, 5.74) is 4.50. The van der Waals surface area contributed by atoms with Gasteiger partial charge < -0.3 is 4.74 Å². The number of rotatable bonds is 4. The number of pyridine rings is 1. The van der Waals surface area contributed by atoms with Gasteiger partial charge in [0.1, 0.15) is 0 Å². The van der Waals surface area contributed by atoms with E-state index in [0.29, 0.717) is 0 Å². The van der Waals surface area contributed by atoms with Gasteiger partial charge in [-0.05, 0) is 31.5 Å². The highest BCUT2D eigenvalue weighted by Gasteiger charge is 2.30. The Morgan fingerprint density at radius 3 is 2.72 bits per heavy atom. The number of hydrogen-bond acceptors (Lipinski definition) is 4. The van der Waals surface area contributed by atoms with E-state index < -0.39 is 5.60 Å². The lowest BCUT2D eigenvalue weighted by molar-refractivity contribution is -0.0107. The van der Waals surface area contributed by atoms with E-state index in [2.05, 4.69) is 16.5 Å². The summed E-state index contributed by atoms with van der Waals surface area (Å²) in [6, 6.07) is 9.91. The maximum absolute atomic E-state index is 5.71. The lowest BCUT2D eigenvalue weighted by Gasteiger charge is -2.33. The van der Waals surface area contributed by atoms with E-state index >= 15 is 0 Å². The van der Waals surface area contributed by atoms with Crippen LogP contribution in [0.25, 0.3) is 10.9 Å². The largest absolute Gasteiger partial charge is 0.377 e. The fraction of sp³-hybridized carbons (Fsp3) is 0.357. The molecular weight excluding hydrogens is 226 g/mol. The maximum Gasteiger partial charge on any atom is 0.0829 e. The summed E-state index contributed by atoms with van der Waals surface area (Å²) in [6.07, 6.45) is 1.79. The van der Waals surface area contributed by atoms with Gasteiger partial charge in [0.25, 0.3) is 0 Å². The Kier molecular flexibility index (Phi) is 3.61. The number of benzene rings is 1. The molecule has 4 nitrogen and oxygen atoms in total. The number of nitrogens with two attached hydrogens (primary N) is 1. The Hall–Kier alpha value is -1.49. The number of hydrogen-bond donors (Lipinski definition) is 2. The van der Waals surface area contributed by atoms with Crippen molar-refractivity contribution in [3.63, 3.8) is 0 Å². The molecule has 0 aliphatic heterocycles. The monoisotopic (exact) mass is 245 g/mol. The van der Waals surface area contributed by atoms with Gasteiger partial charge in [-0.1, -0.05) is 18.2 Å². The van der Waals surface area contributed by atoms with E-state index in [9.17, 15) is 0 Å². The summed E-state index contributed by atoms with van der Waals surface area (Å²) >= 11 is 0. The fourth-order valence-electron chi connectivity index (χ4n) is 2.16. The molecule has 96 valence electrons. The molecule has 2 rings (SSSR count). The highest BCUT2D eigenvalue weighted by molar-refractivity contribution is 5.82. The molecular formula is C14H19N3O. The van der Waals surface area contributed by atoms with Gasteiger partial charge in [0.2, 0.25) is 0 Å². The predicted octanol–water partition coefficient (Wildman–Crippen LogP) is 2.16. The highest BCUT2D eigenvalue weighted by atomic mass is 16.5. The molecule has 0 saturated heterocycles. The standard InChI is InChI=1S/C14H19N3O/c1-14(2,18-3)13(17-15)11-6-4-8-12-10(11)7-5-9-16-12/h4-9,13,17H,15H2,1-3H3. The molecule has 0 fully saturated rings. The second kappa shape index (κ2) is 5.02. The quantitative estimate of drug-likeness (QED) is 0.640. The molecule has 2 aromatic rings. The second-order valence-electron chi connectivity index (χ2n) is 4.82. The molecule has 3 N–H and O–H groups in total. The number of nitrogens with one attached hydrogen (secondary N) is 1. The third-order valence-electron chi connectivity index (χ3n) is 3.38. The summed E-state index contributed by atoms with van der Waals surface area (Å²) in [5.74, 6) is 5.71. The zero-order valence-corrected chi connectivity index (χ0v) is 11.0. The first-order valence-electron chi connectivity index (χ1n) is 5.95. The van der Waals surface area contributed by atoms with Crippen LogP contribution in [0.5, 0.6) is 0 Å². The number of ether oxygens (including phenoxy) is 1. The lowest BCUT2D eigenvalue weighted by Crippen LogP contribution is -2.44. The summed E-state index contributed by atoms with van der Waals surface area (Å²) in [4.78, 5) is 4.36. The molecule has 1 aromatic heterocycles. The van der Waals surface area contributed by atoms with Crippen molar-refractivity contribution in [1.29, 1.82) is 0 Å². The Labute approximate surface area is 107 Å². The summed E-state index contributed by atoms with van der Waals surface area (Å²) in [7, 11) is 1.69. The first-order chi connectivity index (χ1) is 8.60. The van der Waals surface area contributed by atoms with Crippen molar-refractivity contribution in [2.24, 2.45) is 5.84 Å². The third-order valence-corrected chi connectivity index (χ3v) is 3.38. The summed E-state index contributed by atoms with van der Waals surface area (Å²) in [5, 5.41) is 1.09. The predicted molar refractivity (Wildman–Crippen MR) is 72.9 cm³/mol. The molecule has 1 heterocycles. The van der Waals surface area contributed by atoms with E-state index in [1.165, 1.54) is 0 Å². The number of fused-ring (bicyclic) bond motifs is 1. The zero-order valence-electron chi connectivity index (χ0n) is 11.0. The number of nitrogens with zero attached hydrogens (tertiary/aromatic N) is 1. The van der Waals surface area contributed by atoms with Crippen LogP contribution < -0.4 is 11.3 Å². The summed E-state index contributed by atoms with van der Waals surface area (Å²) in [6.45, 7) is 4.01. The Balaban J connectivity index is 2.59. The van der Waals surface area contributed by atoms with Crippen LogP contribution in [-0.4, -0.2) is 17.7 Å². The highest BCUT2D eigenvalue weighted by Crippen LogP contribution is 2.31. The van der Waals surface area contributed by atoms with Crippen molar-refractivity contribution in [1.82, 2.24) is 10.4 Å². The smallest absolute Gasteiger partial charge is 0.0829 e. The first-order valence-corrected chi connectivity index (χ1v) is 5.95. The average molecular weight is 245 g/mol. The molecule has 0 saturated carbocycles. The van der Waals surface area contributed by atoms with Gasteiger partial charge in [0, 0.05) is 18.7 Å². The maximum atomic E-state index is 5.71. The van der Waals surface area contributed by atoms with Crippen molar-refractivity contribution in [2.45, 2.75) is 25.5 Å². The van der Waals surface area contributed by atoms with Gasteiger partial charge in [0.15, 0.2) is 0 Å². The Morgan fingerprint density at radius 2 is 2.06 bits per heavy atom. The van der Waals surface area contributed by atoms with Gasteiger partial charge in [0.05, 0.1) is 17.2 Å². The van der Waals surface area contributed by atoms with Crippen LogP contribution in [0.4, 0.5) is 0 Å². The normalized spacial score (nSPS) is 13.8. The molecule has 18 heavy (non-hydrogen) atoms. The van der Waals surface area contributed by atoms with Crippen LogP contribution in [0.2, 0.25) is 0 Å². The number of aromatic nitrogens is 1. The molecule has 0 radical (unpaired) electrons.